The van der Waals surface area contributed by atoms with E-state index < -0.39 is 0 Å². The van der Waals surface area contributed by atoms with Crippen LogP contribution in [0.5, 0.6) is 0 Å². The first-order valence-electron chi connectivity index (χ1n) is 10.3. The van der Waals surface area contributed by atoms with Crippen LogP contribution in [0, 0.1) is 24.5 Å². The van der Waals surface area contributed by atoms with Gasteiger partial charge >= 0.3 is 0 Å². The largest absolute Gasteiger partial charge is 0.355 e. The van der Waals surface area contributed by atoms with Gasteiger partial charge in [-0.2, -0.15) is 5.10 Å². The lowest BCUT2D eigenvalue weighted by Gasteiger charge is -2.44. The second kappa shape index (κ2) is 8.52. The fraction of sp³-hybridized carbons (Fsp3) is 0.545. The molecule has 1 unspecified atom stereocenters. The number of halogens is 2. The number of aromatic nitrogens is 2. The van der Waals surface area contributed by atoms with Crippen LogP contribution in [0.1, 0.15) is 43.4 Å². The van der Waals surface area contributed by atoms with Crippen molar-refractivity contribution in [1.29, 1.82) is 0 Å². The molecule has 2 aliphatic heterocycles. The predicted octanol–water partition coefficient (Wildman–Crippen LogP) is 4.33. The van der Waals surface area contributed by atoms with Crippen LogP contribution in [0.25, 0.3) is 0 Å². The number of benzene rings is 1. The summed E-state index contributed by atoms with van der Waals surface area (Å²) in [5.74, 6) is 0.869. The van der Waals surface area contributed by atoms with Crippen molar-refractivity contribution in [2.75, 3.05) is 24.5 Å². The summed E-state index contributed by atoms with van der Waals surface area (Å²) in [6, 6.07) is 8.27. The summed E-state index contributed by atoms with van der Waals surface area (Å²) in [5, 5.41) is 8.49. The number of nitrogens with zero attached hydrogens (tertiary/aromatic N) is 4. The van der Waals surface area contributed by atoms with Crippen LogP contribution in [0.2, 0.25) is 0 Å². The van der Waals surface area contributed by atoms with E-state index >= 15 is 0 Å². The summed E-state index contributed by atoms with van der Waals surface area (Å²) in [6.45, 7) is 5.35. The molecule has 0 bridgehead atoms. The Bertz CT molecular complexity index is 788. The van der Waals surface area contributed by atoms with Gasteiger partial charge in [0.25, 0.3) is 0 Å². The molecule has 0 amide bonds. The second-order valence-corrected chi connectivity index (χ2v) is 8.13. The molecule has 2 fully saturated rings. The van der Waals surface area contributed by atoms with Gasteiger partial charge in [-0.25, -0.2) is 8.78 Å². The first-order valence-corrected chi connectivity index (χ1v) is 10.3. The third-order valence-corrected chi connectivity index (χ3v) is 6.24. The number of aryl methyl sites for hydroxylation is 1. The zero-order valence-electron chi connectivity index (χ0n) is 16.5. The fourth-order valence-corrected chi connectivity index (χ4v) is 4.70. The second-order valence-electron chi connectivity index (χ2n) is 8.13. The minimum Gasteiger partial charge on any atom is -0.355 e. The maximum Gasteiger partial charge on any atom is 0.151 e. The summed E-state index contributed by atoms with van der Waals surface area (Å²) in [5.41, 5.74) is 1.40. The van der Waals surface area contributed by atoms with Crippen LogP contribution in [-0.2, 0) is 6.54 Å². The molecular weight excluding hydrogens is 358 g/mol. The van der Waals surface area contributed by atoms with E-state index in [0.29, 0.717) is 24.1 Å². The smallest absolute Gasteiger partial charge is 0.151 e. The van der Waals surface area contributed by atoms with E-state index in [2.05, 4.69) is 20.0 Å². The lowest BCUT2D eigenvalue weighted by molar-refractivity contribution is 0.0795. The molecule has 1 atom stereocenters. The quantitative estimate of drug-likeness (QED) is 0.783. The van der Waals surface area contributed by atoms with Crippen molar-refractivity contribution in [2.24, 2.45) is 5.92 Å². The van der Waals surface area contributed by atoms with Crippen LogP contribution in [-0.4, -0.2) is 40.8 Å². The van der Waals surface area contributed by atoms with Crippen LogP contribution in [0.15, 0.2) is 30.3 Å². The summed E-state index contributed by atoms with van der Waals surface area (Å²) < 4.78 is 27.7. The van der Waals surface area contributed by atoms with Gasteiger partial charge in [-0.05, 0) is 75.4 Å². The van der Waals surface area contributed by atoms with Crippen LogP contribution in [0.4, 0.5) is 14.6 Å². The molecule has 28 heavy (non-hydrogen) atoms. The van der Waals surface area contributed by atoms with E-state index in [1.165, 1.54) is 24.6 Å². The SMILES string of the molecule is Cc1ccc(N2CCC(C3CCCCN3Cc3cc(F)ccc3F)CC2)nn1. The normalized spacial score (nSPS) is 21.8. The van der Waals surface area contributed by atoms with Crippen LogP contribution in [0.3, 0.4) is 0 Å². The van der Waals surface area contributed by atoms with Crippen molar-refractivity contribution in [3.05, 3.63) is 53.2 Å². The Morgan fingerprint density at radius 2 is 1.79 bits per heavy atom. The Balaban J connectivity index is 1.41. The Labute approximate surface area is 165 Å². The summed E-state index contributed by atoms with van der Waals surface area (Å²) in [6.07, 6.45) is 5.69. The molecule has 4 rings (SSSR count). The zero-order chi connectivity index (χ0) is 19.5. The fourth-order valence-electron chi connectivity index (χ4n) is 4.70. The summed E-state index contributed by atoms with van der Waals surface area (Å²) >= 11 is 0. The first kappa shape index (κ1) is 19.2. The maximum absolute atomic E-state index is 14.1. The average Bonchev–Trinajstić information content (AvgIpc) is 2.72. The minimum absolute atomic E-state index is 0.307. The Kier molecular flexibility index (Phi) is 5.85. The molecule has 2 aromatic rings. The van der Waals surface area contributed by atoms with Crippen molar-refractivity contribution in [2.45, 2.75) is 51.6 Å². The van der Waals surface area contributed by atoms with E-state index in [1.54, 1.807) is 0 Å². The van der Waals surface area contributed by atoms with Gasteiger partial charge in [0.05, 0.1) is 5.69 Å². The van der Waals surface area contributed by atoms with Gasteiger partial charge in [0.1, 0.15) is 11.6 Å². The molecule has 150 valence electrons. The Morgan fingerprint density at radius 3 is 2.54 bits per heavy atom. The minimum atomic E-state index is -0.363. The van der Waals surface area contributed by atoms with Gasteiger partial charge in [-0.1, -0.05) is 6.42 Å². The maximum atomic E-state index is 14.1. The number of hydrogen-bond acceptors (Lipinski definition) is 4. The highest BCUT2D eigenvalue weighted by atomic mass is 19.1. The predicted molar refractivity (Wildman–Crippen MR) is 106 cm³/mol. The first-order chi connectivity index (χ1) is 13.6. The van der Waals surface area contributed by atoms with E-state index in [0.717, 1.165) is 56.8 Å². The summed E-state index contributed by atoms with van der Waals surface area (Å²) in [4.78, 5) is 4.69. The van der Waals surface area contributed by atoms with E-state index in [1.807, 2.05) is 19.1 Å². The molecule has 2 saturated heterocycles. The van der Waals surface area contributed by atoms with Gasteiger partial charge in [-0.3, -0.25) is 4.90 Å². The van der Waals surface area contributed by atoms with Crippen molar-refractivity contribution >= 4 is 5.82 Å². The zero-order valence-corrected chi connectivity index (χ0v) is 16.5. The van der Waals surface area contributed by atoms with Crippen molar-refractivity contribution in [3.8, 4) is 0 Å². The van der Waals surface area contributed by atoms with E-state index in [9.17, 15) is 8.78 Å². The summed E-state index contributed by atoms with van der Waals surface area (Å²) in [7, 11) is 0. The monoisotopic (exact) mass is 386 g/mol. The molecule has 0 N–H and O–H groups in total. The van der Waals surface area contributed by atoms with Gasteiger partial charge in [0.2, 0.25) is 0 Å². The number of rotatable bonds is 4. The highest BCUT2D eigenvalue weighted by molar-refractivity contribution is 5.37. The Morgan fingerprint density at radius 1 is 0.964 bits per heavy atom. The number of hydrogen-bond donors (Lipinski definition) is 0. The lowest BCUT2D eigenvalue weighted by atomic mass is 9.83. The third-order valence-electron chi connectivity index (χ3n) is 6.24. The van der Waals surface area contributed by atoms with E-state index in [-0.39, 0.29) is 11.6 Å². The molecule has 3 heterocycles. The van der Waals surface area contributed by atoms with Crippen molar-refractivity contribution < 1.29 is 8.78 Å². The van der Waals surface area contributed by atoms with Gasteiger partial charge in [-0.15, -0.1) is 5.10 Å². The number of piperidine rings is 2. The van der Waals surface area contributed by atoms with Gasteiger partial charge < -0.3 is 4.90 Å². The standard InChI is InChI=1S/C22H28F2N4/c1-16-5-8-22(26-25-16)27-12-9-17(10-13-27)21-4-2-3-11-28(21)15-18-14-19(23)6-7-20(18)24/h5-8,14,17,21H,2-4,9-13,15H2,1H3. The molecule has 6 heteroatoms. The van der Waals surface area contributed by atoms with Gasteiger partial charge in [0, 0.05) is 31.2 Å². The molecule has 4 nitrogen and oxygen atoms in total. The highest BCUT2D eigenvalue weighted by Gasteiger charge is 2.33. The van der Waals surface area contributed by atoms with Crippen LogP contribution < -0.4 is 4.90 Å². The average molecular weight is 386 g/mol. The molecule has 0 saturated carbocycles. The number of likely N-dealkylation sites (tertiary alicyclic amines) is 1. The van der Waals surface area contributed by atoms with Gasteiger partial charge in [0.15, 0.2) is 5.82 Å². The van der Waals surface area contributed by atoms with Crippen LogP contribution >= 0.6 is 0 Å². The van der Waals surface area contributed by atoms with E-state index in [4.69, 9.17) is 0 Å². The molecule has 0 aliphatic carbocycles. The highest BCUT2D eigenvalue weighted by Crippen LogP contribution is 2.32. The van der Waals surface area contributed by atoms with Crippen molar-refractivity contribution in [3.63, 3.8) is 0 Å². The molecule has 1 aromatic carbocycles. The third kappa shape index (κ3) is 4.32. The number of anilines is 1. The molecule has 0 radical (unpaired) electrons. The van der Waals surface area contributed by atoms with Crippen molar-refractivity contribution in [1.82, 2.24) is 15.1 Å². The molecular formula is C22H28F2N4. The lowest BCUT2D eigenvalue weighted by Crippen LogP contribution is -2.47. The Hall–Kier alpha value is -2.08. The molecule has 0 spiro atoms. The molecule has 2 aliphatic rings. The molecule has 1 aromatic heterocycles. The topological polar surface area (TPSA) is 32.3 Å².